The molecule has 4 nitrogen and oxygen atoms in total. The van der Waals surface area contributed by atoms with Gasteiger partial charge in [0.05, 0.1) is 5.92 Å². The Kier molecular flexibility index (Phi) is 5.74. The van der Waals surface area contributed by atoms with Gasteiger partial charge in [-0.1, -0.05) is 6.07 Å². The lowest BCUT2D eigenvalue weighted by molar-refractivity contribution is -0.127. The SMILES string of the molecule is O=C(NC1CC1)C1CCCN(C2CCN(Cc3ccc(F)cc3F)CC2)C1. The summed E-state index contributed by atoms with van der Waals surface area (Å²) >= 11 is 0. The molecule has 1 N–H and O–H groups in total. The van der Waals surface area contributed by atoms with E-state index in [0.717, 1.165) is 70.8 Å². The molecule has 3 aliphatic rings. The summed E-state index contributed by atoms with van der Waals surface area (Å²) < 4.78 is 26.9. The average molecular weight is 377 g/mol. The average Bonchev–Trinajstić information content (AvgIpc) is 3.49. The summed E-state index contributed by atoms with van der Waals surface area (Å²) in [4.78, 5) is 17.1. The van der Waals surface area contributed by atoms with Crippen molar-refractivity contribution in [1.29, 1.82) is 0 Å². The Labute approximate surface area is 159 Å². The number of rotatable bonds is 5. The van der Waals surface area contributed by atoms with Gasteiger partial charge in [-0.05, 0) is 64.2 Å². The van der Waals surface area contributed by atoms with Gasteiger partial charge in [0.25, 0.3) is 0 Å². The highest BCUT2D eigenvalue weighted by atomic mass is 19.1. The van der Waals surface area contributed by atoms with Crippen LogP contribution in [0.25, 0.3) is 0 Å². The van der Waals surface area contributed by atoms with Crippen molar-refractivity contribution in [2.45, 2.75) is 57.2 Å². The first-order valence-electron chi connectivity index (χ1n) is 10.3. The van der Waals surface area contributed by atoms with Crippen molar-refractivity contribution in [2.75, 3.05) is 26.2 Å². The topological polar surface area (TPSA) is 35.6 Å². The van der Waals surface area contributed by atoms with Crippen LogP contribution in [0, 0.1) is 17.6 Å². The number of piperidine rings is 2. The van der Waals surface area contributed by atoms with Crippen molar-refractivity contribution >= 4 is 5.91 Å². The van der Waals surface area contributed by atoms with E-state index in [1.54, 1.807) is 6.07 Å². The summed E-state index contributed by atoms with van der Waals surface area (Å²) in [7, 11) is 0. The zero-order valence-electron chi connectivity index (χ0n) is 15.8. The molecule has 4 rings (SSSR count). The van der Waals surface area contributed by atoms with E-state index in [-0.39, 0.29) is 11.8 Å². The number of benzene rings is 1. The standard InChI is InChI=1S/C21H29F2N3O/c22-17-4-3-15(20(23)12-17)13-25-10-7-19(8-11-25)26-9-1-2-16(14-26)21(27)24-18-5-6-18/h3-4,12,16,18-19H,1-2,5-11,13-14H2,(H,24,27). The first kappa shape index (κ1) is 18.8. The summed E-state index contributed by atoms with van der Waals surface area (Å²) in [5, 5.41) is 3.15. The Morgan fingerprint density at radius 3 is 2.56 bits per heavy atom. The summed E-state index contributed by atoms with van der Waals surface area (Å²) in [6.07, 6.45) is 6.44. The molecule has 1 amide bonds. The van der Waals surface area contributed by atoms with Crippen LogP contribution in [0.1, 0.15) is 44.1 Å². The lowest BCUT2D eigenvalue weighted by Gasteiger charge is -2.42. The molecule has 3 fully saturated rings. The minimum Gasteiger partial charge on any atom is -0.353 e. The third-order valence-electron chi connectivity index (χ3n) is 6.23. The fourth-order valence-electron chi connectivity index (χ4n) is 4.43. The maximum absolute atomic E-state index is 13.9. The van der Waals surface area contributed by atoms with Crippen LogP contribution in [0.2, 0.25) is 0 Å². The van der Waals surface area contributed by atoms with Gasteiger partial charge < -0.3 is 5.32 Å². The maximum atomic E-state index is 13.9. The molecule has 1 aromatic carbocycles. The Balaban J connectivity index is 1.26. The molecule has 1 unspecified atom stereocenters. The number of halogens is 2. The first-order chi connectivity index (χ1) is 13.1. The van der Waals surface area contributed by atoms with Crippen LogP contribution in [0.4, 0.5) is 8.78 Å². The van der Waals surface area contributed by atoms with Crippen molar-refractivity contribution < 1.29 is 13.6 Å². The zero-order chi connectivity index (χ0) is 18.8. The molecule has 1 aliphatic carbocycles. The second-order valence-corrected chi connectivity index (χ2v) is 8.36. The molecule has 0 radical (unpaired) electrons. The summed E-state index contributed by atoms with van der Waals surface area (Å²) in [5.41, 5.74) is 0.560. The predicted octanol–water partition coefficient (Wildman–Crippen LogP) is 2.92. The fourth-order valence-corrected chi connectivity index (χ4v) is 4.43. The number of carbonyl (C=O) groups is 1. The molecule has 1 atom stereocenters. The van der Waals surface area contributed by atoms with E-state index >= 15 is 0 Å². The van der Waals surface area contributed by atoms with Crippen molar-refractivity contribution in [1.82, 2.24) is 15.1 Å². The number of nitrogens with one attached hydrogen (secondary N) is 1. The van der Waals surface area contributed by atoms with E-state index < -0.39 is 11.6 Å². The molecule has 2 heterocycles. The third kappa shape index (κ3) is 4.85. The fraction of sp³-hybridized carbons (Fsp3) is 0.667. The van der Waals surface area contributed by atoms with Crippen molar-refractivity contribution in [3.8, 4) is 0 Å². The van der Waals surface area contributed by atoms with Gasteiger partial charge in [0.1, 0.15) is 11.6 Å². The molecule has 2 saturated heterocycles. The van der Waals surface area contributed by atoms with Gasteiger partial charge in [-0.3, -0.25) is 14.6 Å². The number of amides is 1. The van der Waals surface area contributed by atoms with E-state index in [0.29, 0.717) is 24.2 Å². The van der Waals surface area contributed by atoms with E-state index in [2.05, 4.69) is 15.1 Å². The Morgan fingerprint density at radius 2 is 1.85 bits per heavy atom. The molecule has 1 saturated carbocycles. The molecule has 0 aromatic heterocycles. The summed E-state index contributed by atoms with van der Waals surface area (Å²) in [6, 6.07) is 4.78. The molecule has 6 heteroatoms. The maximum Gasteiger partial charge on any atom is 0.224 e. The number of hydrogen-bond donors (Lipinski definition) is 1. The van der Waals surface area contributed by atoms with Gasteiger partial charge in [0.15, 0.2) is 0 Å². The number of nitrogens with zero attached hydrogens (tertiary/aromatic N) is 2. The van der Waals surface area contributed by atoms with E-state index in [1.807, 2.05) is 0 Å². The van der Waals surface area contributed by atoms with E-state index in [1.165, 1.54) is 6.07 Å². The minimum absolute atomic E-state index is 0.130. The number of likely N-dealkylation sites (tertiary alicyclic amines) is 2. The number of hydrogen-bond acceptors (Lipinski definition) is 3. The van der Waals surface area contributed by atoms with Crippen LogP contribution < -0.4 is 5.32 Å². The zero-order valence-corrected chi connectivity index (χ0v) is 15.8. The minimum atomic E-state index is -0.527. The van der Waals surface area contributed by atoms with Crippen molar-refractivity contribution in [3.63, 3.8) is 0 Å². The second kappa shape index (κ2) is 8.23. The van der Waals surface area contributed by atoms with Crippen LogP contribution >= 0.6 is 0 Å². The van der Waals surface area contributed by atoms with Crippen LogP contribution in [0.5, 0.6) is 0 Å². The molecular formula is C21H29F2N3O. The lowest BCUT2D eigenvalue weighted by atomic mass is 9.93. The largest absolute Gasteiger partial charge is 0.353 e. The highest BCUT2D eigenvalue weighted by molar-refractivity contribution is 5.79. The normalized spacial score (nSPS) is 25.5. The van der Waals surface area contributed by atoms with E-state index in [9.17, 15) is 13.6 Å². The van der Waals surface area contributed by atoms with Crippen molar-refractivity contribution in [2.24, 2.45) is 5.92 Å². The van der Waals surface area contributed by atoms with Gasteiger partial charge >= 0.3 is 0 Å². The van der Waals surface area contributed by atoms with Crippen LogP contribution in [-0.2, 0) is 11.3 Å². The molecule has 0 bridgehead atoms. The van der Waals surface area contributed by atoms with Crippen LogP contribution in [-0.4, -0.2) is 54.0 Å². The smallest absolute Gasteiger partial charge is 0.224 e. The third-order valence-corrected chi connectivity index (χ3v) is 6.23. The van der Waals surface area contributed by atoms with Gasteiger partial charge in [-0.25, -0.2) is 8.78 Å². The van der Waals surface area contributed by atoms with Gasteiger partial charge in [0.2, 0.25) is 5.91 Å². The molecule has 2 aliphatic heterocycles. The quantitative estimate of drug-likeness (QED) is 0.857. The summed E-state index contributed by atoms with van der Waals surface area (Å²) in [5.74, 6) is -0.616. The second-order valence-electron chi connectivity index (χ2n) is 8.36. The van der Waals surface area contributed by atoms with Crippen LogP contribution in [0.3, 0.4) is 0 Å². The van der Waals surface area contributed by atoms with Gasteiger partial charge in [-0.15, -0.1) is 0 Å². The monoisotopic (exact) mass is 377 g/mol. The Hall–Kier alpha value is -1.53. The van der Waals surface area contributed by atoms with Gasteiger partial charge in [-0.2, -0.15) is 0 Å². The molecular weight excluding hydrogens is 348 g/mol. The van der Waals surface area contributed by atoms with Crippen LogP contribution in [0.15, 0.2) is 18.2 Å². The predicted molar refractivity (Wildman–Crippen MR) is 100 cm³/mol. The molecule has 148 valence electrons. The molecule has 1 aromatic rings. The Bertz CT molecular complexity index is 671. The number of carbonyl (C=O) groups excluding carboxylic acids is 1. The highest BCUT2D eigenvalue weighted by Gasteiger charge is 2.33. The molecule has 0 spiro atoms. The lowest BCUT2D eigenvalue weighted by Crippen LogP contribution is -2.50. The van der Waals surface area contributed by atoms with E-state index in [4.69, 9.17) is 0 Å². The van der Waals surface area contributed by atoms with Gasteiger partial charge in [0, 0.05) is 36.8 Å². The Morgan fingerprint density at radius 1 is 1.07 bits per heavy atom. The first-order valence-corrected chi connectivity index (χ1v) is 10.3. The summed E-state index contributed by atoms with van der Waals surface area (Å²) in [6.45, 7) is 4.30. The van der Waals surface area contributed by atoms with Crippen molar-refractivity contribution in [3.05, 3.63) is 35.4 Å². The highest BCUT2D eigenvalue weighted by Crippen LogP contribution is 2.26. The molecule has 27 heavy (non-hydrogen) atoms.